The zero-order valence-electron chi connectivity index (χ0n) is 18.8. The number of hydrogen-bond acceptors (Lipinski definition) is 8. The molecular weight excluding hydrogens is 420 g/mol. The van der Waals surface area contributed by atoms with Crippen LogP contribution in [0.5, 0.6) is 0 Å². The van der Waals surface area contributed by atoms with E-state index < -0.39 is 18.4 Å². The first kappa shape index (κ1) is 24.8. The van der Waals surface area contributed by atoms with E-state index in [4.69, 9.17) is 19.3 Å². The quantitative estimate of drug-likeness (QED) is 0.437. The lowest BCUT2D eigenvalue weighted by Gasteiger charge is -2.34. The Bertz CT molecular complexity index is 627. The Kier molecular flexibility index (Phi) is 9.16. The van der Waals surface area contributed by atoms with Gasteiger partial charge in [0.1, 0.15) is 12.2 Å². The second-order valence-corrected chi connectivity index (χ2v) is 9.36. The van der Waals surface area contributed by atoms with Crippen molar-refractivity contribution in [1.82, 2.24) is 0 Å². The molecule has 32 heavy (non-hydrogen) atoms. The van der Waals surface area contributed by atoms with Crippen LogP contribution in [-0.4, -0.2) is 60.0 Å². The van der Waals surface area contributed by atoms with E-state index in [0.29, 0.717) is 77.0 Å². The van der Waals surface area contributed by atoms with Crippen LogP contribution in [0.1, 0.15) is 77.0 Å². The molecule has 9 heteroatoms. The lowest BCUT2D eigenvalue weighted by Crippen LogP contribution is -2.36. The minimum absolute atomic E-state index is 0.0119. The number of aliphatic carboxylic acids is 1. The molecule has 0 aliphatic heterocycles. The SMILES string of the molecule is COC(=O)OC1CCC(OC(=O)C2CCC(C(O)OC3CCC(C(=O)O)CC3)CC2)CC1. The summed E-state index contributed by atoms with van der Waals surface area (Å²) >= 11 is 0. The Morgan fingerprint density at radius 2 is 1.22 bits per heavy atom. The minimum Gasteiger partial charge on any atom is -0.481 e. The Balaban J connectivity index is 1.32. The number of rotatable bonds is 7. The van der Waals surface area contributed by atoms with Crippen LogP contribution >= 0.6 is 0 Å². The minimum atomic E-state index is -0.872. The lowest BCUT2D eigenvalue weighted by atomic mass is 9.81. The third kappa shape index (κ3) is 7.07. The van der Waals surface area contributed by atoms with Crippen LogP contribution in [0.4, 0.5) is 4.79 Å². The molecule has 0 radical (unpaired) electrons. The summed E-state index contributed by atoms with van der Waals surface area (Å²) in [5, 5.41) is 19.6. The van der Waals surface area contributed by atoms with Gasteiger partial charge >= 0.3 is 18.1 Å². The van der Waals surface area contributed by atoms with Gasteiger partial charge in [-0.2, -0.15) is 0 Å². The molecule has 9 nitrogen and oxygen atoms in total. The maximum atomic E-state index is 12.6. The van der Waals surface area contributed by atoms with Gasteiger partial charge in [0, 0.05) is 5.92 Å². The van der Waals surface area contributed by atoms with Crippen molar-refractivity contribution in [2.75, 3.05) is 7.11 Å². The van der Waals surface area contributed by atoms with Crippen LogP contribution in [0.3, 0.4) is 0 Å². The maximum absolute atomic E-state index is 12.6. The molecule has 0 bridgehead atoms. The third-order valence-corrected chi connectivity index (χ3v) is 7.20. The highest BCUT2D eigenvalue weighted by Gasteiger charge is 2.35. The van der Waals surface area contributed by atoms with E-state index >= 15 is 0 Å². The van der Waals surface area contributed by atoms with Gasteiger partial charge in [-0.3, -0.25) is 9.59 Å². The van der Waals surface area contributed by atoms with Gasteiger partial charge < -0.3 is 29.2 Å². The van der Waals surface area contributed by atoms with Crippen LogP contribution in [0.15, 0.2) is 0 Å². The van der Waals surface area contributed by atoms with Crippen molar-refractivity contribution in [2.45, 2.75) is 102 Å². The predicted molar refractivity (Wildman–Crippen MR) is 112 cm³/mol. The van der Waals surface area contributed by atoms with Crippen LogP contribution < -0.4 is 0 Å². The standard InChI is InChI=1S/C23H36O9/c1-29-23(28)32-19-12-10-18(11-13-19)31-22(27)16-4-2-15(3-5-16)21(26)30-17-8-6-14(7-9-17)20(24)25/h14-19,21,26H,2-13H2,1H3,(H,24,25). The van der Waals surface area contributed by atoms with E-state index in [1.165, 1.54) is 7.11 Å². The molecule has 0 spiro atoms. The van der Waals surface area contributed by atoms with E-state index in [0.717, 1.165) is 0 Å². The molecule has 2 N–H and O–H groups in total. The van der Waals surface area contributed by atoms with Crippen molar-refractivity contribution in [3.8, 4) is 0 Å². The largest absolute Gasteiger partial charge is 0.508 e. The molecule has 1 atom stereocenters. The highest BCUT2D eigenvalue weighted by molar-refractivity contribution is 5.72. The molecule has 0 saturated heterocycles. The van der Waals surface area contributed by atoms with E-state index in [2.05, 4.69) is 4.74 Å². The first-order chi connectivity index (χ1) is 15.4. The number of carbonyl (C=O) groups is 3. The molecule has 3 fully saturated rings. The summed E-state index contributed by atoms with van der Waals surface area (Å²) in [5.74, 6) is -1.40. The Labute approximate surface area is 188 Å². The normalized spacial score (nSPS) is 34.2. The number of methoxy groups -OCH3 is 1. The third-order valence-electron chi connectivity index (χ3n) is 7.20. The monoisotopic (exact) mass is 456 g/mol. The van der Waals surface area contributed by atoms with Gasteiger partial charge in [-0.1, -0.05) is 0 Å². The molecule has 3 aliphatic rings. The molecule has 1 unspecified atom stereocenters. The summed E-state index contributed by atoms with van der Waals surface area (Å²) in [6.07, 6.45) is 5.86. The van der Waals surface area contributed by atoms with E-state index in [9.17, 15) is 19.5 Å². The van der Waals surface area contributed by atoms with Gasteiger partial charge in [0.05, 0.1) is 25.0 Å². The average molecular weight is 457 g/mol. The smallest absolute Gasteiger partial charge is 0.481 e. The molecule has 0 amide bonds. The van der Waals surface area contributed by atoms with Crippen molar-refractivity contribution < 1.29 is 43.5 Å². The summed E-state index contributed by atoms with van der Waals surface area (Å²) in [6, 6.07) is 0. The fraction of sp³-hybridized carbons (Fsp3) is 0.870. The van der Waals surface area contributed by atoms with Gasteiger partial charge in [0.2, 0.25) is 0 Å². The fourth-order valence-electron chi connectivity index (χ4n) is 5.11. The van der Waals surface area contributed by atoms with Gasteiger partial charge in [0.15, 0.2) is 6.29 Å². The highest BCUT2D eigenvalue weighted by Crippen LogP contribution is 2.35. The Morgan fingerprint density at radius 1 is 0.719 bits per heavy atom. The number of aliphatic hydroxyl groups excluding tert-OH is 1. The van der Waals surface area contributed by atoms with Crippen LogP contribution in [0, 0.1) is 17.8 Å². The predicted octanol–water partition coefficient (Wildman–Crippen LogP) is 3.41. The van der Waals surface area contributed by atoms with Crippen LogP contribution in [0.2, 0.25) is 0 Å². The number of hydrogen-bond donors (Lipinski definition) is 2. The van der Waals surface area contributed by atoms with Crippen molar-refractivity contribution in [1.29, 1.82) is 0 Å². The molecule has 0 aromatic carbocycles. The zero-order valence-corrected chi connectivity index (χ0v) is 18.8. The maximum Gasteiger partial charge on any atom is 0.508 e. The molecule has 0 aromatic rings. The molecule has 182 valence electrons. The summed E-state index contributed by atoms with van der Waals surface area (Å²) < 4.78 is 21.2. The Morgan fingerprint density at radius 3 is 1.75 bits per heavy atom. The van der Waals surface area contributed by atoms with Crippen molar-refractivity contribution >= 4 is 18.1 Å². The molecule has 0 aromatic heterocycles. The molecule has 3 aliphatic carbocycles. The van der Waals surface area contributed by atoms with Crippen molar-refractivity contribution in [3.63, 3.8) is 0 Å². The molecule has 0 heterocycles. The van der Waals surface area contributed by atoms with E-state index in [1.807, 2.05) is 0 Å². The number of ether oxygens (including phenoxy) is 4. The van der Waals surface area contributed by atoms with Crippen molar-refractivity contribution in [3.05, 3.63) is 0 Å². The van der Waals surface area contributed by atoms with Gasteiger partial charge in [-0.25, -0.2) is 4.79 Å². The van der Waals surface area contributed by atoms with Crippen LogP contribution in [-0.2, 0) is 28.5 Å². The second kappa shape index (κ2) is 11.8. The highest BCUT2D eigenvalue weighted by atomic mass is 16.7. The number of carboxylic acids is 1. The van der Waals surface area contributed by atoms with Gasteiger partial charge in [-0.05, 0) is 77.0 Å². The topological polar surface area (TPSA) is 129 Å². The van der Waals surface area contributed by atoms with Gasteiger partial charge in [0.25, 0.3) is 0 Å². The average Bonchev–Trinajstić information content (AvgIpc) is 2.80. The zero-order chi connectivity index (χ0) is 23.1. The van der Waals surface area contributed by atoms with E-state index in [-0.39, 0.29) is 42.0 Å². The number of aliphatic hydroxyl groups is 1. The number of esters is 1. The van der Waals surface area contributed by atoms with E-state index in [1.54, 1.807) is 0 Å². The number of carboxylic acid groups (broad SMARTS) is 1. The first-order valence-corrected chi connectivity index (χ1v) is 11.9. The summed E-state index contributed by atoms with van der Waals surface area (Å²) in [6.45, 7) is 0. The first-order valence-electron chi connectivity index (χ1n) is 11.9. The molecular formula is C23H36O9. The Hall–Kier alpha value is -1.87. The summed E-state index contributed by atoms with van der Waals surface area (Å²) in [4.78, 5) is 34.8. The summed E-state index contributed by atoms with van der Waals surface area (Å²) in [5.41, 5.74) is 0. The fourth-order valence-corrected chi connectivity index (χ4v) is 5.11. The second-order valence-electron chi connectivity index (χ2n) is 9.36. The number of carbonyl (C=O) groups excluding carboxylic acids is 2. The molecule has 3 rings (SSSR count). The van der Waals surface area contributed by atoms with Crippen molar-refractivity contribution in [2.24, 2.45) is 17.8 Å². The molecule has 3 saturated carbocycles. The lowest BCUT2D eigenvalue weighted by molar-refractivity contribution is -0.184. The summed E-state index contributed by atoms with van der Waals surface area (Å²) in [7, 11) is 1.28. The van der Waals surface area contributed by atoms with Gasteiger partial charge in [-0.15, -0.1) is 0 Å². The van der Waals surface area contributed by atoms with Crippen LogP contribution in [0.25, 0.3) is 0 Å².